The molecule has 2 rings (SSSR count). The number of carbonyl (C=O) groups is 2. The number of thiophene rings is 1. The maximum atomic E-state index is 12.5. The highest BCUT2D eigenvalue weighted by Gasteiger charge is 2.48. The molecule has 0 spiro atoms. The van der Waals surface area contributed by atoms with Crippen molar-refractivity contribution in [2.24, 2.45) is 11.3 Å². The Bertz CT molecular complexity index is 707. The number of amides is 1. The molecular formula is C14H19NO5S2. The first-order valence-corrected chi connectivity index (χ1v) is 9.66. The van der Waals surface area contributed by atoms with E-state index in [0.717, 1.165) is 17.6 Å². The minimum atomic E-state index is -3.34. The van der Waals surface area contributed by atoms with Crippen LogP contribution in [-0.4, -0.2) is 49.6 Å². The maximum absolute atomic E-state index is 12.5. The SMILES string of the molecule is CC(C)C1(C(=O)O)CCN(C(=O)c2csc(S(C)(=O)=O)c2)C1. The number of nitrogens with zero attached hydrogens (tertiary/aromatic N) is 1. The van der Waals surface area contributed by atoms with E-state index in [9.17, 15) is 23.1 Å². The van der Waals surface area contributed by atoms with Gasteiger partial charge >= 0.3 is 5.97 Å². The molecule has 1 unspecified atom stereocenters. The minimum Gasteiger partial charge on any atom is -0.481 e. The fraction of sp³-hybridized carbons (Fsp3) is 0.571. The molecule has 1 saturated heterocycles. The zero-order valence-electron chi connectivity index (χ0n) is 12.7. The molecule has 1 N–H and O–H groups in total. The summed E-state index contributed by atoms with van der Waals surface area (Å²) >= 11 is 1.00. The van der Waals surface area contributed by atoms with E-state index in [4.69, 9.17) is 0 Å². The van der Waals surface area contributed by atoms with Crippen LogP contribution in [0.1, 0.15) is 30.6 Å². The average Bonchev–Trinajstić information content (AvgIpc) is 3.05. The second kappa shape index (κ2) is 5.66. The molecule has 1 fully saturated rings. The Morgan fingerprint density at radius 1 is 1.41 bits per heavy atom. The van der Waals surface area contributed by atoms with Crippen LogP contribution in [0.2, 0.25) is 0 Å². The lowest BCUT2D eigenvalue weighted by Gasteiger charge is -2.28. The lowest BCUT2D eigenvalue weighted by molar-refractivity contribution is -0.150. The molecule has 1 amide bonds. The van der Waals surface area contributed by atoms with Gasteiger partial charge in [0.05, 0.1) is 11.0 Å². The fourth-order valence-corrected chi connectivity index (χ4v) is 4.50. The summed E-state index contributed by atoms with van der Waals surface area (Å²) in [7, 11) is -3.34. The quantitative estimate of drug-likeness (QED) is 0.897. The van der Waals surface area contributed by atoms with Gasteiger partial charge in [0.15, 0.2) is 9.84 Å². The first kappa shape index (κ1) is 17.0. The van der Waals surface area contributed by atoms with Crippen LogP contribution in [0.5, 0.6) is 0 Å². The normalized spacial score (nSPS) is 22.3. The molecular weight excluding hydrogens is 326 g/mol. The Kier molecular flexibility index (Phi) is 4.36. The van der Waals surface area contributed by atoms with Crippen molar-refractivity contribution in [3.05, 3.63) is 17.0 Å². The van der Waals surface area contributed by atoms with Crippen molar-refractivity contribution < 1.29 is 23.1 Å². The summed E-state index contributed by atoms with van der Waals surface area (Å²) in [5, 5.41) is 11.0. The molecule has 0 aromatic carbocycles. The van der Waals surface area contributed by atoms with Crippen LogP contribution in [-0.2, 0) is 14.6 Å². The van der Waals surface area contributed by atoms with Gasteiger partial charge in [0.2, 0.25) is 0 Å². The summed E-state index contributed by atoms with van der Waals surface area (Å²) in [6.45, 7) is 4.21. The molecule has 0 saturated carbocycles. The van der Waals surface area contributed by atoms with Gasteiger partial charge in [0.25, 0.3) is 5.91 Å². The summed E-state index contributed by atoms with van der Waals surface area (Å²) in [6, 6.07) is 1.36. The highest BCUT2D eigenvalue weighted by molar-refractivity contribution is 7.92. The number of carbonyl (C=O) groups excluding carboxylic acids is 1. The summed E-state index contributed by atoms with van der Waals surface area (Å²) in [5.41, 5.74) is -0.624. The van der Waals surface area contributed by atoms with E-state index in [0.29, 0.717) is 18.5 Å². The average molecular weight is 345 g/mol. The number of hydrogen-bond acceptors (Lipinski definition) is 5. The van der Waals surface area contributed by atoms with Crippen LogP contribution in [0.4, 0.5) is 0 Å². The zero-order chi connectivity index (χ0) is 16.7. The molecule has 0 radical (unpaired) electrons. The largest absolute Gasteiger partial charge is 0.481 e. The van der Waals surface area contributed by atoms with E-state index in [-0.39, 0.29) is 22.6 Å². The number of likely N-dealkylation sites (tertiary alicyclic amines) is 1. The highest BCUT2D eigenvalue weighted by Crippen LogP contribution is 2.39. The monoisotopic (exact) mass is 345 g/mol. The van der Waals surface area contributed by atoms with Gasteiger partial charge in [-0.05, 0) is 18.4 Å². The predicted molar refractivity (Wildman–Crippen MR) is 82.9 cm³/mol. The van der Waals surface area contributed by atoms with E-state index < -0.39 is 21.2 Å². The molecule has 1 aromatic heterocycles. The van der Waals surface area contributed by atoms with Gasteiger partial charge in [0.1, 0.15) is 4.21 Å². The van der Waals surface area contributed by atoms with Crippen LogP contribution < -0.4 is 0 Å². The summed E-state index contributed by atoms with van der Waals surface area (Å²) in [4.78, 5) is 25.6. The smallest absolute Gasteiger partial charge is 0.311 e. The van der Waals surface area contributed by atoms with E-state index in [2.05, 4.69) is 0 Å². The number of rotatable bonds is 4. The molecule has 0 aliphatic carbocycles. The molecule has 122 valence electrons. The highest BCUT2D eigenvalue weighted by atomic mass is 32.2. The Labute approximate surface area is 133 Å². The minimum absolute atomic E-state index is 0.0862. The topological polar surface area (TPSA) is 91.8 Å². The lowest BCUT2D eigenvalue weighted by Crippen LogP contribution is -2.40. The van der Waals surface area contributed by atoms with Gasteiger partial charge in [-0.25, -0.2) is 8.42 Å². The molecule has 2 heterocycles. The number of carboxylic acids is 1. The van der Waals surface area contributed by atoms with Gasteiger partial charge in [-0.2, -0.15) is 0 Å². The van der Waals surface area contributed by atoms with Gasteiger partial charge in [0, 0.05) is 24.7 Å². The second-order valence-corrected chi connectivity index (χ2v) is 9.17. The van der Waals surface area contributed by atoms with Crippen molar-refractivity contribution in [2.75, 3.05) is 19.3 Å². The molecule has 1 aliphatic heterocycles. The summed E-state index contributed by atoms with van der Waals surface area (Å²) in [6.07, 6.45) is 1.51. The van der Waals surface area contributed by atoms with Crippen LogP contribution in [0, 0.1) is 11.3 Å². The number of aliphatic carboxylic acids is 1. The van der Waals surface area contributed by atoms with E-state index >= 15 is 0 Å². The third-order valence-electron chi connectivity index (χ3n) is 4.31. The van der Waals surface area contributed by atoms with Crippen LogP contribution in [0.25, 0.3) is 0 Å². The number of carboxylic acid groups (broad SMARTS) is 1. The predicted octanol–water partition coefficient (Wildman–Crippen LogP) is 1.72. The van der Waals surface area contributed by atoms with Crippen molar-refractivity contribution >= 4 is 33.1 Å². The van der Waals surface area contributed by atoms with Crippen molar-refractivity contribution in [3.8, 4) is 0 Å². The number of sulfone groups is 1. The molecule has 1 atom stereocenters. The third kappa shape index (κ3) is 2.89. The van der Waals surface area contributed by atoms with Crippen LogP contribution in [0.15, 0.2) is 15.7 Å². The fourth-order valence-electron chi connectivity index (χ4n) is 2.70. The molecule has 22 heavy (non-hydrogen) atoms. The van der Waals surface area contributed by atoms with E-state index in [1.54, 1.807) is 0 Å². The van der Waals surface area contributed by atoms with Crippen molar-refractivity contribution in [1.82, 2.24) is 4.90 Å². The van der Waals surface area contributed by atoms with Crippen molar-refractivity contribution in [3.63, 3.8) is 0 Å². The van der Waals surface area contributed by atoms with Gasteiger partial charge in [-0.3, -0.25) is 9.59 Å². The molecule has 8 heteroatoms. The third-order valence-corrected chi connectivity index (χ3v) is 7.07. The zero-order valence-corrected chi connectivity index (χ0v) is 14.3. The second-order valence-electron chi connectivity index (χ2n) is 6.02. The maximum Gasteiger partial charge on any atom is 0.311 e. The molecule has 1 aliphatic rings. The van der Waals surface area contributed by atoms with Gasteiger partial charge < -0.3 is 10.0 Å². The van der Waals surface area contributed by atoms with Crippen molar-refractivity contribution in [1.29, 1.82) is 0 Å². The van der Waals surface area contributed by atoms with Crippen molar-refractivity contribution in [2.45, 2.75) is 24.5 Å². The van der Waals surface area contributed by atoms with Gasteiger partial charge in [-0.1, -0.05) is 13.8 Å². The van der Waals surface area contributed by atoms with E-state index in [1.165, 1.54) is 16.3 Å². The van der Waals surface area contributed by atoms with Crippen LogP contribution >= 0.6 is 11.3 Å². The number of hydrogen-bond donors (Lipinski definition) is 1. The summed E-state index contributed by atoms with van der Waals surface area (Å²) < 4.78 is 23.1. The molecule has 0 bridgehead atoms. The van der Waals surface area contributed by atoms with E-state index in [1.807, 2.05) is 13.8 Å². The molecule has 6 nitrogen and oxygen atoms in total. The Hall–Kier alpha value is -1.41. The standard InChI is InChI=1S/C14H19NO5S2/c1-9(2)14(13(17)18)4-5-15(8-14)12(16)10-6-11(21-7-10)22(3,19)20/h6-7,9H,4-5,8H2,1-3H3,(H,17,18). The van der Waals surface area contributed by atoms with Gasteiger partial charge in [-0.15, -0.1) is 11.3 Å². The van der Waals surface area contributed by atoms with Crippen LogP contribution in [0.3, 0.4) is 0 Å². The lowest BCUT2D eigenvalue weighted by atomic mass is 9.76. The summed E-state index contributed by atoms with van der Waals surface area (Å²) in [5.74, 6) is -1.29. The molecule has 1 aromatic rings. The Morgan fingerprint density at radius 2 is 2.05 bits per heavy atom. The first-order valence-electron chi connectivity index (χ1n) is 6.89. The Morgan fingerprint density at radius 3 is 2.45 bits per heavy atom. The Balaban J connectivity index is 2.22. The first-order chi connectivity index (χ1) is 10.1.